The molecule has 0 aliphatic rings. The molecule has 0 saturated carbocycles. The van der Waals surface area contributed by atoms with E-state index in [2.05, 4.69) is 21.4 Å². The first-order chi connectivity index (χ1) is 9.63. The van der Waals surface area contributed by atoms with Crippen molar-refractivity contribution in [3.05, 3.63) is 59.4 Å². The zero-order chi connectivity index (χ0) is 14.1. The minimum atomic E-state index is -0.130. The Hall–Kier alpha value is -2.62. The molecule has 0 aliphatic carbocycles. The third kappa shape index (κ3) is 2.28. The standard InChI is InChI=1S/C16H15N3O/c1-10-6-11(2)8-12(7-10)19-16(20)14-9-18-15-13(14)4-3-5-17-15/h3-9H,1-2H3,(H,17,18)(H,19,20). The van der Waals surface area contributed by atoms with Crippen molar-refractivity contribution in [1.82, 2.24) is 9.97 Å². The zero-order valence-electron chi connectivity index (χ0n) is 11.4. The van der Waals surface area contributed by atoms with E-state index in [1.165, 1.54) is 0 Å². The summed E-state index contributed by atoms with van der Waals surface area (Å²) in [4.78, 5) is 19.5. The average molecular weight is 265 g/mol. The van der Waals surface area contributed by atoms with Gasteiger partial charge in [0.25, 0.3) is 5.91 Å². The van der Waals surface area contributed by atoms with Gasteiger partial charge >= 0.3 is 0 Å². The second kappa shape index (κ2) is 4.81. The maximum atomic E-state index is 12.4. The van der Waals surface area contributed by atoms with E-state index in [0.717, 1.165) is 27.8 Å². The van der Waals surface area contributed by atoms with Crippen molar-refractivity contribution in [2.24, 2.45) is 0 Å². The number of carbonyl (C=O) groups is 1. The fraction of sp³-hybridized carbons (Fsp3) is 0.125. The van der Waals surface area contributed by atoms with Gasteiger partial charge in [0.1, 0.15) is 5.65 Å². The molecule has 1 amide bonds. The Labute approximate surface area is 116 Å². The van der Waals surface area contributed by atoms with Crippen LogP contribution in [0.2, 0.25) is 0 Å². The summed E-state index contributed by atoms with van der Waals surface area (Å²) in [5.41, 5.74) is 4.39. The van der Waals surface area contributed by atoms with Gasteiger partial charge in [0.05, 0.1) is 5.56 Å². The Balaban J connectivity index is 1.93. The maximum absolute atomic E-state index is 12.4. The summed E-state index contributed by atoms with van der Waals surface area (Å²) in [7, 11) is 0. The maximum Gasteiger partial charge on any atom is 0.257 e. The van der Waals surface area contributed by atoms with Crippen LogP contribution >= 0.6 is 0 Å². The summed E-state index contributed by atoms with van der Waals surface area (Å²) >= 11 is 0. The van der Waals surface area contributed by atoms with Gasteiger partial charge in [-0.1, -0.05) is 6.07 Å². The molecular formula is C16H15N3O. The van der Waals surface area contributed by atoms with Crippen molar-refractivity contribution in [2.45, 2.75) is 13.8 Å². The van der Waals surface area contributed by atoms with Gasteiger partial charge in [-0.2, -0.15) is 0 Å². The van der Waals surface area contributed by atoms with E-state index in [0.29, 0.717) is 5.56 Å². The molecule has 0 saturated heterocycles. The third-order valence-corrected chi connectivity index (χ3v) is 3.18. The van der Waals surface area contributed by atoms with Gasteiger partial charge in [-0.15, -0.1) is 0 Å². The molecule has 4 heteroatoms. The van der Waals surface area contributed by atoms with Gasteiger partial charge in [-0.25, -0.2) is 4.98 Å². The number of pyridine rings is 1. The fourth-order valence-electron chi connectivity index (χ4n) is 2.39. The third-order valence-electron chi connectivity index (χ3n) is 3.18. The first kappa shape index (κ1) is 12.4. The van der Waals surface area contributed by atoms with Crippen LogP contribution in [-0.2, 0) is 0 Å². The normalized spacial score (nSPS) is 10.7. The lowest BCUT2D eigenvalue weighted by Crippen LogP contribution is -2.11. The molecule has 20 heavy (non-hydrogen) atoms. The van der Waals surface area contributed by atoms with E-state index in [1.54, 1.807) is 12.4 Å². The molecule has 0 bridgehead atoms. The molecule has 0 fully saturated rings. The Morgan fingerprint density at radius 2 is 1.95 bits per heavy atom. The molecule has 0 spiro atoms. The molecule has 4 nitrogen and oxygen atoms in total. The number of fused-ring (bicyclic) bond motifs is 1. The smallest absolute Gasteiger partial charge is 0.257 e. The van der Waals surface area contributed by atoms with Gasteiger partial charge in [0.2, 0.25) is 0 Å². The van der Waals surface area contributed by atoms with Crippen LogP contribution in [0.4, 0.5) is 5.69 Å². The number of hydrogen-bond donors (Lipinski definition) is 2. The second-order valence-electron chi connectivity index (χ2n) is 4.93. The number of hydrogen-bond acceptors (Lipinski definition) is 2. The highest BCUT2D eigenvalue weighted by molar-refractivity contribution is 6.12. The molecule has 3 aromatic rings. The minimum absolute atomic E-state index is 0.130. The number of H-pyrrole nitrogens is 1. The first-order valence-corrected chi connectivity index (χ1v) is 6.45. The second-order valence-corrected chi connectivity index (χ2v) is 4.93. The van der Waals surface area contributed by atoms with Crippen LogP contribution in [0.1, 0.15) is 21.5 Å². The van der Waals surface area contributed by atoms with Gasteiger partial charge in [0.15, 0.2) is 0 Å². The van der Waals surface area contributed by atoms with Gasteiger partial charge < -0.3 is 10.3 Å². The van der Waals surface area contributed by atoms with E-state index in [9.17, 15) is 4.79 Å². The largest absolute Gasteiger partial charge is 0.345 e. The topological polar surface area (TPSA) is 57.8 Å². The van der Waals surface area contributed by atoms with Crippen molar-refractivity contribution < 1.29 is 4.79 Å². The summed E-state index contributed by atoms with van der Waals surface area (Å²) in [5.74, 6) is -0.130. The quantitative estimate of drug-likeness (QED) is 0.745. The van der Waals surface area contributed by atoms with Crippen molar-refractivity contribution in [2.75, 3.05) is 5.32 Å². The summed E-state index contributed by atoms with van der Waals surface area (Å²) in [6, 6.07) is 9.69. The average Bonchev–Trinajstić information content (AvgIpc) is 2.81. The number of benzene rings is 1. The van der Waals surface area contributed by atoms with Crippen LogP contribution in [-0.4, -0.2) is 15.9 Å². The van der Waals surface area contributed by atoms with Crippen molar-refractivity contribution in [3.63, 3.8) is 0 Å². The lowest BCUT2D eigenvalue weighted by atomic mass is 10.1. The molecule has 100 valence electrons. The van der Waals surface area contributed by atoms with Crippen molar-refractivity contribution in [1.29, 1.82) is 0 Å². The van der Waals surface area contributed by atoms with E-state index in [-0.39, 0.29) is 5.91 Å². The Morgan fingerprint density at radius 1 is 1.20 bits per heavy atom. The van der Waals surface area contributed by atoms with Crippen LogP contribution in [0.15, 0.2) is 42.7 Å². The number of carbonyl (C=O) groups excluding carboxylic acids is 1. The van der Waals surface area contributed by atoms with Crippen LogP contribution in [0.3, 0.4) is 0 Å². The molecule has 0 aliphatic heterocycles. The number of aromatic amines is 1. The van der Waals surface area contributed by atoms with E-state index in [1.807, 2.05) is 38.1 Å². The SMILES string of the molecule is Cc1cc(C)cc(NC(=O)c2c[nH]c3ncccc23)c1. The van der Waals surface area contributed by atoms with Gasteiger partial charge in [-0.05, 0) is 49.2 Å². The molecule has 2 aromatic heterocycles. The summed E-state index contributed by atoms with van der Waals surface area (Å²) < 4.78 is 0. The van der Waals surface area contributed by atoms with Crippen LogP contribution < -0.4 is 5.32 Å². The summed E-state index contributed by atoms with van der Waals surface area (Å²) in [5, 5.41) is 3.76. The van der Waals surface area contributed by atoms with E-state index < -0.39 is 0 Å². The Morgan fingerprint density at radius 3 is 2.70 bits per heavy atom. The number of aromatic nitrogens is 2. The van der Waals surface area contributed by atoms with E-state index >= 15 is 0 Å². The van der Waals surface area contributed by atoms with Crippen LogP contribution in [0.25, 0.3) is 11.0 Å². The summed E-state index contributed by atoms with van der Waals surface area (Å²) in [6.07, 6.45) is 3.39. The molecule has 0 radical (unpaired) electrons. The molecule has 2 N–H and O–H groups in total. The number of nitrogens with zero attached hydrogens (tertiary/aromatic N) is 1. The van der Waals surface area contributed by atoms with E-state index in [4.69, 9.17) is 0 Å². The predicted molar refractivity (Wildman–Crippen MR) is 80.0 cm³/mol. The number of amides is 1. The highest BCUT2D eigenvalue weighted by atomic mass is 16.1. The number of aryl methyl sites for hydroxylation is 2. The Kier molecular flexibility index (Phi) is 2.99. The number of rotatable bonds is 2. The van der Waals surface area contributed by atoms with Crippen molar-refractivity contribution >= 4 is 22.6 Å². The summed E-state index contributed by atoms with van der Waals surface area (Å²) in [6.45, 7) is 4.02. The monoisotopic (exact) mass is 265 g/mol. The first-order valence-electron chi connectivity index (χ1n) is 6.45. The minimum Gasteiger partial charge on any atom is -0.345 e. The molecule has 1 aromatic carbocycles. The number of nitrogens with one attached hydrogen (secondary N) is 2. The fourth-order valence-corrected chi connectivity index (χ4v) is 2.39. The lowest BCUT2D eigenvalue weighted by molar-refractivity contribution is 0.102. The van der Waals surface area contributed by atoms with Crippen LogP contribution in [0, 0.1) is 13.8 Å². The number of anilines is 1. The zero-order valence-corrected chi connectivity index (χ0v) is 11.4. The molecule has 0 unspecified atom stereocenters. The highest BCUT2D eigenvalue weighted by Gasteiger charge is 2.12. The Bertz CT molecular complexity index is 769. The molecule has 0 atom stereocenters. The van der Waals surface area contributed by atoms with Crippen molar-refractivity contribution in [3.8, 4) is 0 Å². The lowest BCUT2D eigenvalue weighted by Gasteiger charge is -2.07. The van der Waals surface area contributed by atoms with Gasteiger partial charge in [-0.3, -0.25) is 4.79 Å². The van der Waals surface area contributed by atoms with Crippen LogP contribution in [0.5, 0.6) is 0 Å². The predicted octanol–water partition coefficient (Wildman–Crippen LogP) is 3.43. The molecule has 3 rings (SSSR count). The molecular weight excluding hydrogens is 250 g/mol. The highest BCUT2D eigenvalue weighted by Crippen LogP contribution is 2.19. The molecule has 2 heterocycles. The van der Waals surface area contributed by atoms with Gasteiger partial charge in [0, 0.05) is 23.5 Å².